The SMILES string of the molecule is C[C@]1(NC(=O)c2ccc(-n3cnc4ccccc43)cc2)CCS(=O)(=O)C1. The van der Waals surface area contributed by atoms with Crippen LogP contribution < -0.4 is 5.32 Å². The molecule has 134 valence electrons. The molecule has 0 radical (unpaired) electrons. The van der Waals surface area contributed by atoms with Crippen molar-refractivity contribution in [1.82, 2.24) is 14.9 Å². The van der Waals surface area contributed by atoms with Crippen LogP contribution in [0.3, 0.4) is 0 Å². The summed E-state index contributed by atoms with van der Waals surface area (Å²) in [6.45, 7) is 1.78. The lowest BCUT2D eigenvalue weighted by Crippen LogP contribution is -2.46. The largest absolute Gasteiger partial charge is 0.346 e. The van der Waals surface area contributed by atoms with Crippen molar-refractivity contribution in [3.8, 4) is 5.69 Å². The van der Waals surface area contributed by atoms with Crippen LogP contribution in [0, 0.1) is 0 Å². The predicted molar refractivity (Wildman–Crippen MR) is 100 cm³/mol. The van der Waals surface area contributed by atoms with Gasteiger partial charge < -0.3 is 5.32 Å². The van der Waals surface area contributed by atoms with E-state index in [1.54, 1.807) is 25.4 Å². The van der Waals surface area contributed by atoms with Gasteiger partial charge >= 0.3 is 0 Å². The van der Waals surface area contributed by atoms with Gasteiger partial charge in [-0.2, -0.15) is 0 Å². The molecule has 0 bridgehead atoms. The smallest absolute Gasteiger partial charge is 0.251 e. The first-order valence-corrected chi connectivity index (χ1v) is 10.2. The molecule has 3 aromatic rings. The number of fused-ring (bicyclic) bond motifs is 1. The zero-order valence-corrected chi connectivity index (χ0v) is 15.2. The third-order valence-corrected chi connectivity index (χ3v) is 6.68. The van der Waals surface area contributed by atoms with E-state index in [1.165, 1.54) is 0 Å². The summed E-state index contributed by atoms with van der Waals surface area (Å²) < 4.78 is 25.3. The van der Waals surface area contributed by atoms with Crippen LogP contribution in [-0.4, -0.2) is 40.9 Å². The molecule has 1 fully saturated rings. The molecule has 2 heterocycles. The number of aromatic nitrogens is 2. The third-order valence-electron chi connectivity index (χ3n) is 4.78. The Balaban J connectivity index is 1.55. The molecular weight excluding hydrogens is 350 g/mol. The van der Waals surface area contributed by atoms with Crippen molar-refractivity contribution in [2.75, 3.05) is 11.5 Å². The molecule has 4 rings (SSSR count). The molecule has 6 nitrogen and oxygen atoms in total. The molecule has 0 spiro atoms. The highest BCUT2D eigenvalue weighted by Crippen LogP contribution is 2.24. The van der Waals surface area contributed by atoms with Crippen molar-refractivity contribution < 1.29 is 13.2 Å². The normalized spacial score (nSPS) is 21.7. The summed E-state index contributed by atoms with van der Waals surface area (Å²) in [5.41, 5.74) is 2.61. The number of hydrogen-bond acceptors (Lipinski definition) is 4. The van der Waals surface area contributed by atoms with Crippen molar-refractivity contribution >= 4 is 26.8 Å². The van der Waals surface area contributed by atoms with E-state index in [-0.39, 0.29) is 17.4 Å². The maximum Gasteiger partial charge on any atom is 0.251 e. The number of benzene rings is 2. The van der Waals surface area contributed by atoms with Gasteiger partial charge in [0.1, 0.15) is 6.33 Å². The highest BCUT2D eigenvalue weighted by Gasteiger charge is 2.39. The fourth-order valence-electron chi connectivity index (χ4n) is 3.39. The van der Waals surface area contributed by atoms with Crippen molar-refractivity contribution in [1.29, 1.82) is 0 Å². The second-order valence-electron chi connectivity index (χ2n) is 7.01. The van der Waals surface area contributed by atoms with Gasteiger partial charge in [0.2, 0.25) is 0 Å². The Morgan fingerprint density at radius 2 is 1.88 bits per heavy atom. The number of nitrogens with one attached hydrogen (secondary N) is 1. The quantitative estimate of drug-likeness (QED) is 0.768. The lowest BCUT2D eigenvalue weighted by molar-refractivity contribution is 0.0915. The number of hydrogen-bond donors (Lipinski definition) is 1. The maximum absolute atomic E-state index is 12.5. The van der Waals surface area contributed by atoms with Crippen LogP contribution in [0.15, 0.2) is 54.9 Å². The zero-order chi connectivity index (χ0) is 18.4. The minimum atomic E-state index is -3.06. The van der Waals surface area contributed by atoms with E-state index in [0.717, 1.165) is 16.7 Å². The topological polar surface area (TPSA) is 81.1 Å². The van der Waals surface area contributed by atoms with Crippen LogP contribution in [0.2, 0.25) is 0 Å². The van der Waals surface area contributed by atoms with Gasteiger partial charge in [0.15, 0.2) is 9.84 Å². The van der Waals surface area contributed by atoms with Crippen LogP contribution in [-0.2, 0) is 9.84 Å². The van der Waals surface area contributed by atoms with E-state index in [4.69, 9.17) is 0 Å². The van der Waals surface area contributed by atoms with Gasteiger partial charge in [0.25, 0.3) is 5.91 Å². The summed E-state index contributed by atoms with van der Waals surface area (Å²) in [6.07, 6.45) is 2.20. The lowest BCUT2D eigenvalue weighted by atomic mass is 10.0. The number of nitrogens with zero attached hydrogens (tertiary/aromatic N) is 2. The Morgan fingerprint density at radius 1 is 1.15 bits per heavy atom. The van der Waals surface area contributed by atoms with E-state index in [2.05, 4.69) is 10.3 Å². The first-order valence-electron chi connectivity index (χ1n) is 8.41. The molecule has 1 saturated heterocycles. The summed E-state index contributed by atoms with van der Waals surface area (Å²) in [5, 5.41) is 2.87. The van der Waals surface area contributed by atoms with Gasteiger partial charge in [0.05, 0.1) is 28.1 Å². The van der Waals surface area contributed by atoms with E-state index in [0.29, 0.717) is 12.0 Å². The van der Waals surface area contributed by atoms with Crippen LogP contribution in [0.1, 0.15) is 23.7 Å². The Kier molecular flexibility index (Phi) is 3.84. The monoisotopic (exact) mass is 369 g/mol. The van der Waals surface area contributed by atoms with Crippen molar-refractivity contribution in [2.24, 2.45) is 0 Å². The van der Waals surface area contributed by atoms with Gasteiger partial charge in [-0.3, -0.25) is 9.36 Å². The van der Waals surface area contributed by atoms with E-state index in [9.17, 15) is 13.2 Å². The summed E-state index contributed by atoms with van der Waals surface area (Å²) in [5.74, 6) is -0.145. The second kappa shape index (κ2) is 5.95. The number of para-hydroxylation sites is 2. The van der Waals surface area contributed by atoms with Crippen molar-refractivity contribution in [3.63, 3.8) is 0 Å². The molecule has 1 aliphatic rings. The minimum Gasteiger partial charge on any atom is -0.346 e. The molecule has 26 heavy (non-hydrogen) atoms. The lowest BCUT2D eigenvalue weighted by Gasteiger charge is -2.23. The van der Waals surface area contributed by atoms with Gasteiger partial charge in [-0.25, -0.2) is 13.4 Å². The van der Waals surface area contributed by atoms with Crippen LogP contribution in [0.25, 0.3) is 16.7 Å². The predicted octanol–water partition coefficient (Wildman–Crippen LogP) is 2.33. The molecule has 1 aliphatic heterocycles. The Bertz CT molecular complexity index is 1090. The number of rotatable bonds is 3. The molecule has 1 N–H and O–H groups in total. The number of carbonyl (C=O) groups is 1. The van der Waals surface area contributed by atoms with Crippen LogP contribution in [0.4, 0.5) is 0 Å². The Labute approximate surface area is 151 Å². The summed E-state index contributed by atoms with van der Waals surface area (Å²) in [4.78, 5) is 16.9. The molecule has 0 unspecified atom stereocenters. The van der Waals surface area contributed by atoms with Crippen LogP contribution in [0.5, 0.6) is 0 Å². The van der Waals surface area contributed by atoms with Gasteiger partial charge in [-0.1, -0.05) is 12.1 Å². The molecule has 7 heteroatoms. The van der Waals surface area contributed by atoms with Gasteiger partial charge in [-0.15, -0.1) is 0 Å². The maximum atomic E-state index is 12.5. The molecule has 1 atom stereocenters. The van der Waals surface area contributed by atoms with E-state index < -0.39 is 15.4 Å². The summed E-state index contributed by atoms with van der Waals surface area (Å²) in [6, 6.07) is 15.0. The number of sulfone groups is 1. The number of amides is 1. The molecular formula is C19H19N3O3S. The fraction of sp³-hybridized carbons (Fsp3) is 0.263. The molecule has 0 saturated carbocycles. The van der Waals surface area contributed by atoms with Gasteiger partial charge in [-0.05, 0) is 49.7 Å². The molecule has 1 amide bonds. The minimum absolute atomic E-state index is 0.00908. The highest BCUT2D eigenvalue weighted by molar-refractivity contribution is 7.91. The highest BCUT2D eigenvalue weighted by atomic mass is 32.2. The number of carbonyl (C=O) groups excluding carboxylic acids is 1. The molecule has 0 aliphatic carbocycles. The zero-order valence-electron chi connectivity index (χ0n) is 14.3. The van der Waals surface area contributed by atoms with Crippen LogP contribution >= 0.6 is 0 Å². The first kappa shape index (κ1) is 16.8. The van der Waals surface area contributed by atoms with Crippen molar-refractivity contribution in [3.05, 3.63) is 60.4 Å². The van der Waals surface area contributed by atoms with Crippen molar-refractivity contribution in [2.45, 2.75) is 18.9 Å². The summed E-state index contributed by atoms with van der Waals surface area (Å²) in [7, 11) is -3.06. The summed E-state index contributed by atoms with van der Waals surface area (Å²) >= 11 is 0. The first-order chi connectivity index (χ1) is 12.4. The second-order valence-corrected chi connectivity index (χ2v) is 9.19. The molecule has 2 aromatic carbocycles. The average molecular weight is 369 g/mol. The molecule has 1 aromatic heterocycles. The Hall–Kier alpha value is -2.67. The Morgan fingerprint density at radius 3 is 2.58 bits per heavy atom. The number of imidazole rings is 1. The average Bonchev–Trinajstić information content (AvgIpc) is 3.15. The van der Waals surface area contributed by atoms with E-state index >= 15 is 0 Å². The third kappa shape index (κ3) is 3.10. The van der Waals surface area contributed by atoms with Gasteiger partial charge in [0, 0.05) is 11.3 Å². The fourth-order valence-corrected chi connectivity index (χ4v) is 5.49. The standard InChI is InChI=1S/C19H19N3O3S/c1-19(10-11-26(24,25)12-19)21-18(23)14-6-8-15(9-7-14)22-13-20-16-4-2-3-5-17(16)22/h2-9,13H,10-12H2,1H3,(H,21,23)/t19-/m0/s1. The van der Waals surface area contributed by atoms with E-state index in [1.807, 2.05) is 41.0 Å².